The highest BCUT2D eigenvalue weighted by molar-refractivity contribution is 6.13. The third-order valence-corrected chi connectivity index (χ3v) is 7.25. The predicted molar refractivity (Wildman–Crippen MR) is 116 cm³/mol. The van der Waals surface area contributed by atoms with Gasteiger partial charge in [-0.15, -0.1) is 0 Å². The van der Waals surface area contributed by atoms with Crippen LogP contribution in [-0.4, -0.2) is 24.2 Å². The van der Waals surface area contributed by atoms with Crippen molar-refractivity contribution in [1.82, 2.24) is 16.0 Å². The Kier molecular flexibility index (Phi) is 5.61. The van der Waals surface area contributed by atoms with Crippen molar-refractivity contribution in [3.05, 3.63) is 48.2 Å². The first kappa shape index (κ1) is 18.5. The summed E-state index contributed by atoms with van der Waals surface area (Å²) in [4.78, 5) is 4.40. The van der Waals surface area contributed by atoms with Crippen molar-refractivity contribution >= 4 is 5.71 Å². The number of aliphatic imine (C=N–C) groups is 1. The summed E-state index contributed by atoms with van der Waals surface area (Å²) in [6, 6.07) is 0. The Morgan fingerprint density at radius 1 is 0.750 bits per heavy atom. The minimum atomic E-state index is 0.327. The molecule has 2 heterocycles. The lowest BCUT2D eigenvalue weighted by molar-refractivity contribution is 0.0846. The zero-order valence-electron chi connectivity index (χ0n) is 16.8. The minimum absolute atomic E-state index is 0.327. The topological polar surface area (TPSA) is 48.5 Å². The van der Waals surface area contributed by atoms with E-state index in [0.717, 1.165) is 18.1 Å². The first-order valence-corrected chi connectivity index (χ1v) is 11.4. The molecule has 5 rings (SSSR count). The first-order chi connectivity index (χ1) is 13.9. The van der Waals surface area contributed by atoms with Gasteiger partial charge in [0.25, 0.3) is 0 Å². The lowest BCUT2D eigenvalue weighted by atomic mass is 9.83. The van der Waals surface area contributed by atoms with E-state index in [1.807, 2.05) is 6.20 Å². The van der Waals surface area contributed by atoms with Gasteiger partial charge in [-0.3, -0.25) is 20.9 Å². The molecule has 4 heteroatoms. The minimum Gasteiger partial charge on any atom is -0.286 e. The van der Waals surface area contributed by atoms with E-state index >= 15 is 0 Å². The Balaban J connectivity index is 1.34. The average Bonchev–Trinajstić information content (AvgIpc) is 2.74. The van der Waals surface area contributed by atoms with Gasteiger partial charge in [-0.2, -0.15) is 0 Å². The Bertz CT molecular complexity index is 710. The molecular weight excluding hydrogens is 344 g/mol. The molecule has 28 heavy (non-hydrogen) atoms. The average molecular weight is 379 g/mol. The maximum atomic E-state index is 4.40. The van der Waals surface area contributed by atoms with E-state index in [4.69, 9.17) is 0 Å². The van der Waals surface area contributed by atoms with E-state index in [1.165, 1.54) is 56.9 Å². The fourth-order valence-corrected chi connectivity index (χ4v) is 5.53. The van der Waals surface area contributed by atoms with Gasteiger partial charge in [0.05, 0.1) is 24.2 Å². The zero-order chi connectivity index (χ0) is 18.8. The van der Waals surface area contributed by atoms with Gasteiger partial charge in [0.15, 0.2) is 0 Å². The van der Waals surface area contributed by atoms with Gasteiger partial charge in [-0.05, 0) is 62.0 Å². The number of nitrogens with zero attached hydrogens (tertiary/aromatic N) is 1. The quantitative estimate of drug-likeness (QED) is 0.644. The van der Waals surface area contributed by atoms with E-state index in [1.54, 1.807) is 0 Å². The molecule has 0 amide bonds. The van der Waals surface area contributed by atoms with Crippen molar-refractivity contribution < 1.29 is 0 Å². The molecule has 2 fully saturated rings. The van der Waals surface area contributed by atoms with Crippen LogP contribution in [0.15, 0.2) is 53.2 Å². The molecule has 2 aliphatic heterocycles. The van der Waals surface area contributed by atoms with Crippen molar-refractivity contribution in [3.8, 4) is 0 Å². The van der Waals surface area contributed by atoms with Crippen LogP contribution in [0, 0.1) is 17.8 Å². The van der Waals surface area contributed by atoms with E-state index < -0.39 is 0 Å². The van der Waals surface area contributed by atoms with Gasteiger partial charge >= 0.3 is 0 Å². The maximum absolute atomic E-state index is 4.40. The second-order valence-corrected chi connectivity index (χ2v) is 9.13. The van der Waals surface area contributed by atoms with E-state index in [-0.39, 0.29) is 0 Å². The smallest absolute Gasteiger partial charge is 0.0714 e. The normalized spacial score (nSPS) is 38.6. The molecule has 1 saturated carbocycles. The molecular formula is C24H34N4. The van der Waals surface area contributed by atoms with E-state index in [9.17, 15) is 0 Å². The van der Waals surface area contributed by atoms with Gasteiger partial charge < -0.3 is 0 Å². The van der Waals surface area contributed by atoms with Crippen LogP contribution in [-0.2, 0) is 0 Å². The zero-order valence-corrected chi connectivity index (χ0v) is 16.8. The summed E-state index contributed by atoms with van der Waals surface area (Å²) >= 11 is 0. The molecule has 0 spiro atoms. The Morgan fingerprint density at radius 3 is 2.25 bits per heavy atom. The maximum Gasteiger partial charge on any atom is 0.0714 e. The van der Waals surface area contributed by atoms with Gasteiger partial charge in [-0.1, -0.05) is 49.6 Å². The summed E-state index contributed by atoms with van der Waals surface area (Å²) in [7, 11) is 0. The molecule has 5 aliphatic rings. The third-order valence-electron chi connectivity index (χ3n) is 7.25. The Labute approximate surface area is 169 Å². The van der Waals surface area contributed by atoms with Crippen molar-refractivity contribution in [2.75, 3.05) is 0 Å². The second kappa shape index (κ2) is 8.48. The predicted octanol–water partition coefficient (Wildman–Crippen LogP) is 4.15. The summed E-state index contributed by atoms with van der Waals surface area (Å²) in [6.07, 6.45) is 28.6. The molecule has 4 nitrogen and oxygen atoms in total. The van der Waals surface area contributed by atoms with Crippen LogP contribution in [0.2, 0.25) is 0 Å². The largest absolute Gasteiger partial charge is 0.286 e. The van der Waals surface area contributed by atoms with Crippen molar-refractivity contribution in [2.45, 2.75) is 76.3 Å². The number of rotatable bonds is 4. The summed E-state index contributed by atoms with van der Waals surface area (Å²) in [5.74, 6) is 1.94. The lowest BCUT2D eigenvalue weighted by Crippen LogP contribution is -2.72. The summed E-state index contributed by atoms with van der Waals surface area (Å²) in [6.45, 7) is 0. The summed E-state index contributed by atoms with van der Waals surface area (Å²) in [5, 5.41) is 11.9. The van der Waals surface area contributed by atoms with Gasteiger partial charge in [0, 0.05) is 12.1 Å². The summed E-state index contributed by atoms with van der Waals surface area (Å²) in [5.41, 5.74) is 2.42. The van der Waals surface area contributed by atoms with Crippen molar-refractivity contribution in [2.24, 2.45) is 22.7 Å². The van der Waals surface area contributed by atoms with Crippen LogP contribution in [0.25, 0.3) is 0 Å². The number of hydrogen-bond donors (Lipinski definition) is 3. The highest BCUT2D eigenvalue weighted by Crippen LogP contribution is 2.31. The summed E-state index contributed by atoms with van der Waals surface area (Å²) < 4.78 is 0. The molecule has 3 aliphatic carbocycles. The Morgan fingerprint density at radius 2 is 1.54 bits per heavy atom. The van der Waals surface area contributed by atoms with Crippen molar-refractivity contribution in [3.63, 3.8) is 0 Å². The molecule has 150 valence electrons. The highest BCUT2D eigenvalue weighted by atomic mass is 15.4. The molecule has 0 bridgehead atoms. The fourth-order valence-electron chi connectivity index (χ4n) is 5.53. The van der Waals surface area contributed by atoms with Crippen LogP contribution < -0.4 is 16.0 Å². The molecule has 0 aromatic heterocycles. The highest BCUT2D eigenvalue weighted by Gasteiger charge is 2.38. The van der Waals surface area contributed by atoms with Crippen LogP contribution >= 0.6 is 0 Å². The number of nitrogens with one attached hydrogen (secondary N) is 3. The molecule has 1 saturated heterocycles. The van der Waals surface area contributed by atoms with E-state index in [2.05, 4.69) is 57.4 Å². The van der Waals surface area contributed by atoms with Crippen LogP contribution in [0.5, 0.6) is 0 Å². The SMILES string of the molecule is C1=CCC(C2NC(C3C=C(C4=NC=C4)C=CC3)NC(C3CCCCC3)N2)CC1. The van der Waals surface area contributed by atoms with Gasteiger partial charge in [0.1, 0.15) is 0 Å². The molecule has 0 aromatic rings. The second-order valence-electron chi connectivity index (χ2n) is 9.13. The molecule has 0 radical (unpaired) electrons. The van der Waals surface area contributed by atoms with Gasteiger partial charge in [0.2, 0.25) is 0 Å². The fraction of sp³-hybridized carbons (Fsp3) is 0.625. The van der Waals surface area contributed by atoms with Gasteiger partial charge in [-0.25, -0.2) is 0 Å². The first-order valence-electron chi connectivity index (χ1n) is 11.4. The monoisotopic (exact) mass is 378 g/mol. The third kappa shape index (κ3) is 3.96. The number of allylic oxidation sites excluding steroid dienone is 6. The number of hydrogen-bond acceptors (Lipinski definition) is 4. The molecule has 3 N–H and O–H groups in total. The van der Waals surface area contributed by atoms with Crippen LogP contribution in [0.4, 0.5) is 0 Å². The standard InChI is InChI=1S/C24H34N4/c1-3-8-17(9-4-1)22-26-23(18-10-5-2-6-11-18)28-24(27-22)20-13-7-12-19(16-20)21-14-15-25-21/h1,3,7,12,14-18,20,22-24,26-28H,2,4-6,8-11,13H2. The van der Waals surface area contributed by atoms with Crippen LogP contribution in [0.1, 0.15) is 57.8 Å². The molecule has 5 atom stereocenters. The Hall–Kier alpha value is -1.49. The van der Waals surface area contributed by atoms with E-state index in [0.29, 0.717) is 30.3 Å². The lowest BCUT2D eigenvalue weighted by Gasteiger charge is -2.47. The van der Waals surface area contributed by atoms with Crippen LogP contribution in [0.3, 0.4) is 0 Å². The molecule has 0 aromatic carbocycles. The van der Waals surface area contributed by atoms with Crippen molar-refractivity contribution in [1.29, 1.82) is 0 Å². The molecule has 5 unspecified atom stereocenters.